The Morgan fingerprint density at radius 3 is 2.47 bits per heavy atom. The second-order valence-electron chi connectivity index (χ2n) is 4.44. The summed E-state index contributed by atoms with van der Waals surface area (Å²) in [5, 5.41) is 9.60. The quantitative estimate of drug-likeness (QED) is 0.749. The highest BCUT2D eigenvalue weighted by Gasteiger charge is 2.26. The average Bonchev–Trinajstić information content (AvgIpc) is 2.41. The number of hydrogen-bond acceptors (Lipinski definition) is 4. The van der Waals surface area contributed by atoms with E-state index in [1.165, 1.54) is 4.90 Å². The largest absolute Gasteiger partial charge is 0.504 e. The highest BCUT2D eigenvalue weighted by atomic mass is 16.5. The normalized spacial score (nSPS) is 16.1. The number of nitrogens with two attached hydrogens (primary N) is 1. The number of primary amides is 1. The van der Waals surface area contributed by atoms with Crippen LogP contribution in [-0.4, -0.2) is 41.0 Å². The minimum absolute atomic E-state index is 0.0785. The number of aromatic hydroxyl groups is 1. The van der Waals surface area contributed by atoms with Gasteiger partial charge < -0.3 is 20.5 Å². The van der Waals surface area contributed by atoms with Crippen LogP contribution in [0.5, 0.6) is 11.5 Å². The van der Waals surface area contributed by atoms with Crippen molar-refractivity contribution < 1.29 is 19.4 Å². The lowest BCUT2D eigenvalue weighted by atomic mass is 10.1. The fourth-order valence-corrected chi connectivity index (χ4v) is 2.07. The zero-order chi connectivity index (χ0) is 13.8. The number of carbonyl (C=O) groups is 2. The van der Waals surface area contributed by atoms with Crippen LogP contribution in [0.3, 0.4) is 0 Å². The van der Waals surface area contributed by atoms with Gasteiger partial charge in [0.15, 0.2) is 11.5 Å². The van der Waals surface area contributed by atoms with Crippen LogP contribution >= 0.6 is 0 Å². The van der Waals surface area contributed by atoms with Gasteiger partial charge in [-0.1, -0.05) is 12.1 Å². The molecule has 0 radical (unpaired) electrons. The van der Waals surface area contributed by atoms with Gasteiger partial charge in [-0.3, -0.25) is 9.59 Å². The molecule has 0 aliphatic carbocycles. The van der Waals surface area contributed by atoms with E-state index in [2.05, 4.69) is 0 Å². The first-order valence-electron chi connectivity index (χ1n) is 6.11. The lowest BCUT2D eigenvalue weighted by Crippen LogP contribution is -2.46. The second-order valence-corrected chi connectivity index (χ2v) is 4.44. The molecule has 0 atom stereocenters. The van der Waals surface area contributed by atoms with E-state index in [0.29, 0.717) is 31.7 Å². The van der Waals surface area contributed by atoms with Gasteiger partial charge in [0.25, 0.3) is 0 Å². The minimum Gasteiger partial charge on any atom is -0.504 e. The van der Waals surface area contributed by atoms with Crippen molar-refractivity contribution in [1.82, 2.24) is 4.90 Å². The van der Waals surface area contributed by atoms with Crippen LogP contribution in [0.15, 0.2) is 24.3 Å². The highest BCUT2D eigenvalue weighted by molar-refractivity contribution is 6.34. The second kappa shape index (κ2) is 5.60. The number of benzene rings is 1. The van der Waals surface area contributed by atoms with Crippen molar-refractivity contribution in [1.29, 1.82) is 0 Å². The molecular weight excluding hydrogens is 248 g/mol. The Hall–Kier alpha value is -2.24. The van der Waals surface area contributed by atoms with Gasteiger partial charge in [-0.2, -0.15) is 0 Å². The summed E-state index contributed by atoms with van der Waals surface area (Å²) >= 11 is 0. The zero-order valence-corrected chi connectivity index (χ0v) is 10.4. The number of piperidine rings is 1. The van der Waals surface area contributed by atoms with Crippen LogP contribution in [0.1, 0.15) is 12.8 Å². The maximum Gasteiger partial charge on any atom is 0.311 e. The van der Waals surface area contributed by atoms with Gasteiger partial charge in [-0.15, -0.1) is 0 Å². The molecule has 1 aromatic rings. The van der Waals surface area contributed by atoms with E-state index in [4.69, 9.17) is 10.5 Å². The van der Waals surface area contributed by atoms with Gasteiger partial charge in [0.2, 0.25) is 0 Å². The molecule has 0 saturated carbocycles. The van der Waals surface area contributed by atoms with Crippen molar-refractivity contribution >= 4 is 11.8 Å². The Morgan fingerprint density at radius 1 is 1.26 bits per heavy atom. The van der Waals surface area contributed by atoms with Gasteiger partial charge in [-0.25, -0.2) is 0 Å². The molecule has 19 heavy (non-hydrogen) atoms. The summed E-state index contributed by atoms with van der Waals surface area (Å²) in [6.07, 6.45) is 1.13. The van der Waals surface area contributed by atoms with Crippen molar-refractivity contribution in [3.63, 3.8) is 0 Å². The van der Waals surface area contributed by atoms with Crippen LogP contribution in [0.2, 0.25) is 0 Å². The number of carbonyl (C=O) groups excluding carboxylic acids is 2. The Labute approximate surface area is 110 Å². The summed E-state index contributed by atoms with van der Waals surface area (Å²) in [4.78, 5) is 23.6. The molecule has 3 N–H and O–H groups in total. The molecule has 1 aliphatic heterocycles. The van der Waals surface area contributed by atoms with Gasteiger partial charge in [0.05, 0.1) is 0 Å². The van der Waals surface area contributed by atoms with E-state index in [1.54, 1.807) is 24.3 Å². The predicted octanol–water partition coefficient (Wildman–Crippen LogP) is 0.247. The van der Waals surface area contributed by atoms with E-state index in [0.717, 1.165) is 0 Å². The van der Waals surface area contributed by atoms with E-state index in [-0.39, 0.29) is 11.9 Å². The highest BCUT2D eigenvalue weighted by Crippen LogP contribution is 2.27. The number of phenolic OH excluding ortho intramolecular Hbond substituents is 1. The molecule has 0 bridgehead atoms. The van der Waals surface area contributed by atoms with E-state index in [9.17, 15) is 14.7 Å². The molecule has 6 heteroatoms. The summed E-state index contributed by atoms with van der Waals surface area (Å²) in [6, 6.07) is 6.74. The summed E-state index contributed by atoms with van der Waals surface area (Å²) in [6.45, 7) is 0.861. The lowest BCUT2D eigenvalue weighted by molar-refractivity contribution is -0.145. The van der Waals surface area contributed by atoms with Crippen molar-refractivity contribution in [3.8, 4) is 11.5 Å². The molecule has 6 nitrogen and oxygen atoms in total. The predicted molar refractivity (Wildman–Crippen MR) is 67.5 cm³/mol. The number of hydrogen-bond donors (Lipinski definition) is 2. The molecular formula is C13H16N2O4. The number of phenols is 1. The standard InChI is InChI=1S/C13H16N2O4/c14-12(17)13(18)15-7-5-9(6-8-15)19-11-4-2-1-3-10(11)16/h1-4,9,16H,5-8H2,(H2,14,17). The molecule has 1 saturated heterocycles. The molecule has 1 heterocycles. The molecule has 1 aromatic carbocycles. The summed E-state index contributed by atoms with van der Waals surface area (Å²) in [5.74, 6) is -1.05. The van der Waals surface area contributed by atoms with Crippen LogP contribution in [0.25, 0.3) is 0 Å². The van der Waals surface area contributed by atoms with E-state index < -0.39 is 11.8 Å². The van der Waals surface area contributed by atoms with Crippen LogP contribution in [0.4, 0.5) is 0 Å². The molecule has 1 fully saturated rings. The topological polar surface area (TPSA) is 92.9 Å². The smallest absolute Gasteiger partial charge is 0.311 e. The summed E-state index contributed by atoms with van der Waals surface area (Å²) in [7, 11) is 0. The maximum atomic E-state index is 11.4. The molecule has 1 aliphatic rings. The summed E-state index contributed by atoms with van der Waals surface area (Å²) in [5.41, 5.74) is 4.95. The van der Waals surface area contributed by atoms with Gasteiger partial charge >= 0.3 is 11.8 Å². The van der Waals surface area contributed by atoms with Crippen molar-refractivity contribution in [2.45, 2.75) is 18.9 Å². The first-order chi connectivity index (χ1) is 9.08. The van der Waals surface area contributed by atoms with Crippen LogP contribution in [0, 0.1) is 0 Å². The van der Waals surface area contributed by atoms with Crippen LogP contribution in [-0.2, 0) is 9.59 Å². The third-order valence-electron chi connectivity index (χ3n) is 3.10. The van der Waals surface area contributed by atoms with Crippen LogP contribution < -0.4 is 10.5 Å². The van der Waals surface area contributed by atoms with Crippen molar-refractivity contribution in [2.24, 2.45) is 5.73 Å². The molecule has 0 spiro atoms. The number of nitrogens with zero attached hydrogens (tertiary/aromatic N) is 1. The molecule has 102 valence electrons. The van der Waals surface area contributed by atoms with Crippen molar-refractivity contribution in [3.05, 3.63) is 24.3 Å². The monoisotopic (exact) mass is 264 g/mol. The Kier molecular flexibility index (Phi) is 3.89. The number of ether oxygens (including phenoxy) is 1. The average molecular weight is 264 g/mol. The minimum atomic E-state index is -0.930. The van der Waals surface area contributed by atoms with Crippen molar-refractivity contribution in [2.75, 3.05) is 13.1 Å². The molecule has 2 amide bonds. The van der Waals surface area contributed by atoms with Gasteiger partial charge in [0.1, 0.15) is 6.10 Å². The third-order valence-corrected chi connectivity index (χ3v) is 3.10. The maximum absolute atomic E-state index is 11.4. The molecule has 2 rings (SSSR count). The molecule has 0 unspecified atom stereocenters. The first-order valence-corrected chi connectivity index (χ1v) is 6.11. The number of amides is 2. The Morgan fingerprint density at radius 2 is 1.89 bits per heavy atom. The lowest BCUT2D eigenvalue weighted by Gasteiger charge is -2.31. The fourth-order valence-electron chi connectivity index (χ4n) is 2.07. The SMILES string of the molecule is NC(=O)C(=O)N1CCC(Oc2ccccc2O)CC1. The number of rotatable bonds is 2. The summed E-state index contributed by atoms with van der Waals surface area (Å²) < 4.78 is 5.67. The Bertz CT molecular complexity index is 481. The van der Waals surface area contributed by atoms with E-state index >= 15 is 0 Å². The van der Waals surface area contributed by atoms with Gasteiger partial charge in [-0.05, 0) is 12.1 Å². The first kappa shape index (κ1) is 13.2. The zero-order valence-electron chi connectivity index (χ0n) is 10.4. The Balaban J connectivity index is 1.89. The van der Waals surface area contributed by atoms with E-state index in [1.807, 2.05) is 0 Å². The van der Waals surface area contributed by atoms with Gasteiger partial charge in [0, 0.05) is 25.9 Å². The number of para-hydroxylation sites is 2. The number of likely N-dealkylation sites (tertiary alicyclic amines) is 1. The third kappa shape index (κ3) is 3.15. The fraction of sp³-hybridized carbons (Fsp3) is 0.385. The molecule has 0 aromatic heterocycles.